The van der Waals surface area contributed by atoms with E-state index < -0.39 is 0 Å². The van der Waals surface area contributed by atoms with E-state index in [0.29, 0.717) is 0 Å². The van der Waals surface area contributed by atoms with Gasteiger partial charge in [0.25, 0.3) is 0 Å². The van der Waals surface area contributed by atoms with E-state index in [0.717, 1.165) is 18.2 Å². The summed E-state index contributed by atoms with van der Waals surface area (Å²) >= 11 is 0. The fourth-order valence-electron chi connectivity index (χ4n) is 2.38. The molecular formula is C12H19N2. The van der Waals surface area contributed by atoms with Gasteiger partial charge in [-0.3, -0.25) is 0 Å². The zero-order valence-corrected chi connectivity index (χ0v) is 8.76. The van der Waals surface area contributed by atoms with Crippen molar-refractivity contribution in [3.05, 3.63) is 18.2 Å². The van der Waals surface area contributed by atoms with E-state index >= 15 is 0 Å². The fourth-order valence-corrected chi connectivity index (χ4v) is 2.38. The van der Waals surface area contributed by atoms with Gasteiger partial charge in [-0.1, -0.05) is 38.5 Å². The van der Waals surface area contributed by atoms with E-state index in [1.807, 2.05) is 0 Å². The third-order valence-electron chi connectivity index (χ3n) is 3.27. The Kier molecular flexibility index (Phi) is 3.61. The van der Waals surface area contributed by atoms with Gasteiger partial charge < -0.3 is 4.98 Å². The molecule has 2 rings (SSSR count). The molecule has 77 valence electrons. The first-order valence-electron chi connectivity index (χ1n) is 5.85. The standard InChI is InChI=1S/C12H19N2/c1-2-4-6-11(5-3-1)7-8-12-13-9-10-14-12/h9,11H,1-8H2,(H,13,14). The lowest BCUT2D eigenvalue weighted by Gasteiger charge is -2.12. The summed E-state index contributed by atoms with van der Waals surface area (Å²) in [4.78, 5) is 7.27. The second-order valence-electron chi connectivity index (χ2n) is 4.37. The van der Waals surface area contributed by atoms with Crippen molar-refractivity contribution in [2.75, 3.05) is 0 Å². The molecule has 1 aliphatic carbocycles. The minimum absolute atomic E-state index is 0.947. The molecular weight excluding hydrogens is 172 g/mol. The van der Waals surface area contributed by atoms with E-state index in [2.05, 4.69) is 16.2 Å². The van der Waals surface area contributed by atoms with E-state index in [1.54, 1.807) is 6.20 Å². The maximum Gasteiger partial charge on any atom is 0.108 e. The van der Waals surface area contributed by atoms with Crippen molar-refractivity contribution in [3.8, 4) is 0 Å². The quantitative estimate of drug-likeness (QED) is 0.731. The highest BCUT2D eigenvalue weighted by Crippen LogP contribution is 2.26. The van der Waals surface area contributed by atoms with Crippen LogP contribution in [0.25, 0.3) is 0 Å². The molecule has 1 aliphatic rings. The molecule has 1 saturated carbocycles. The van der Waals surface area contributed by atoms with Gasteiger partial charge in [-0.15, -0.1) is 0 Å². The number of aromatic nitrogens is 2. The van der Waals surface area contributed by atoms with Crippen LogP contribution in [0.2, 0.25) is 0 Å². The molecule has 1 aromatic rings. The third kappa shape index (κ3) is 2.86. The Morgan fingerprint density at radius 3 is 2.71 bits per heavy atom. The average Bonchev–Trinajstić information content (AvgIpc) is 2.58. The second kappa shape index (κ2) is 5.18. The minimum atomic E-state index is 0.947. The molecule has 1 N–H and O–H groups in total. The molecule has 1 aromatic heterocycles. The normalized spacial score (nSPS) is 19.4. The Morgan fingerprint density at radius 1 is 1.29 bits per heavy atom. The summed E-state index contributed by atoms with van der Waals surface area (Å²) in [5, 5.41) is 0. The highest BCUT2D eigenvalue weighted by molar-refractivity contribution is 4.86. The van der Waals surface area contributed by atoms with Crippen LogP contribution in [0, 0.1) is 12.1 Å². The summed E-state index contributed by atoms with van der Waals surface area (Å²) in [6, 6.07) is 0. The van der Waals surface area contributed by atoms with Crippen LogP contribution in [0.5, 0.6) is 0 Å². The first-order valence-corrected chi connectivity index (χ1v) is 5.85. The van der Waals surface area contributed by atoms with Crippen LogP contribution in [0.3, 0.4) is 0 Å². The average molecular weight is 191 g/mol. The van der Waals surface area contributed by atoms with Gasteiger partial charge in [-0.25, -0.2) is 4.98 Å². The summed E-state index contributed by atoms with van der Waals surface area (Å²) in [5.74, 6) is 2.05. The summed E-state index contributed by atoms with van der Waals surface area (Å²) in [6.07, 6.45) is 15.7. The van der Waals surface area contributed by atoms with Gasteiger partial charge in [0.05, 0.1) is 0 Å². The number of aromatic amines is 1. The van der Waals surface area contributed by atoms with Crippen LogP contribution in [-0.2, 0) is 6.42 Å². The van der Waals surface area contributed by atoms with Crippen molar-refractivity contribution in [1.29, 1.82) is 0 Å². The first kappa shape index (κ1) is 9.75. The van der Waals surface area contributed by atoms with E-state index in [-0.39, 0.29) is 0 Å². The van der Waals surface area contributed by atoms with E-state index in [4.69, 9.17) is 0 Å². The van der Waals surface area contributed by atoms with Crippen molar-refractivity contribution in [2.45, 2.75) is 51.4 Å². The molecule has 2 heteroatoms. The van der Waals surface area contributed by atoms with Crippen molar-refractivity contribution in [1.82, 2.24) is 9.97 Å². The molecule has 0 bridgehead atoms. The van der Waals surface area contributed by atoms with Gasteiger partial charge in [-0.05, 0) is 12.3 Å². The van der Waals surface area contributed by atoms with E-state index in [1.165, 1.54) is 44.9 Å². The van der Waals surface area contributed by atoms with Crippen LogP contribution in [0.4, 0.5) is 0 Å². The van der Waals surface area contributed by atoms with Gasteiger partial charge in [0.1, 0.15) is 12.0 Å². The lowest BCUT2D eigenvalue weighted by Crippen LogP contribution is -2.01. The molecule has 1 radical (unpaired) electrons. The molecule has 0 aromatic carbocycles. The number of nitrogens with one attached hydrogen (secondary N) is 1. The number of hydrogen-bond acceptors (Lipinski definition) is 1. The topological polar surface area (TPSA) is 28.7 Å². The molecule has 1 fully saturated rings. The number of rotatable bonds is 3. The maximum atomic E-state index is 4.14. The van der Waals surface area contributed by atoms with Crippen LogP contribution >= 0.6 is 0 Å². The zero-order chi connectivity index (χ0) is 9.64. The van der Waals surface area contributed by atoms with Gasteiger partial charge in [-0.2, -0.15) is 0 Å². The van der Waals surface area contributed by atoms with Gasteiger partial charge >= 0.3 is 0 Å². The van der Waals surface area contributed by atoms with Gasteiger partial charge in [0, 0.05) is 12.6 Å². The van der Waals surface area contributed by atoms with E-state index in [9.17, 15) is 0 Å². The summed E-state index contributed by atoms with van der Waals surface area (Å²) in [6.45, 7) is 0. The number of H-pyrrole nitrogens is 1. The molecule has 0 spiro atoms. The third-order valence-corrected chi connectivity index (χ3v) is 3.27. The molecule has 0 aliphatic heterocycles. The largest absolute Gasteiger partial charge is 0.348 e. The summed E-state index contributed by atoms with van der Waals surface area (Å²) < 4.78 is 0. The minimum Gasteiger partial charge on any atom is -0.348 e. The molecule has 0 amide bonds. The Morgan fingerprint density at radius 2 is 2.07 bits per heavy atom. The fraction of sp³-hybridized carbons (Fsp3) is 0.750. The molecule has 0 saturated heterocycles. The van der Waals surface area contributed by atoms with Crippen molar-refractivity contribution >= 4 is 0 Å². The van der Waals surface area contributed by atoms with Crippen LogP contribution < -0.4 is 0 Å². The lowest BCUT2D eigenvalue weighted by molar-refractivity contribution is 0.425. The number of imidazole rings is 1. The molecule has 2 nitrogen and oxygen atoms in total. The molecule has 0 unspecified atom stereocenters. The van der Waals surface area contributed by atoms with Gasteiger partial charge in [0.15, 0.2) is 0 Å². The molecule has 14 heavy (non-hydrogen) atoms. The molecule has 1 heterocycles. The number of nitrogens with zero attached hydrogens (tertiary/aromatic N) is 1. The Balaban J connectivity index is 1.73. The Labute approximate surface area is 86.1 Å². The van der Waals surface area contributed by atoms with Gasteiger partial charge in [0.2, 0.25) is 0 Å². The maximum absolute atomic E-state index is 4.14. The summed E-state index contributed by atoms with van der Waals surface area (Å²) in [5.41, 5.74) is 0. The van der Waals surface area contributed by atoms with Crippen LogP contribution in [-0.4, -0.2) is 9.97 Å². The van der Waals surface area contributed by atoms with Crippen LogP contribution in [0.15, 0.2) is 6.20 Å². The molecule has 0 atom stereocenters. The van der Waals surface area contributed by atoms with Crippen molar-refractivity contribution in [3.63, 3.8) is 0 Å². The van der Waals surface area contributed by atoms with Crippen molar-refractivity contribution < 1.29 is 0 Å². The highest BCUT2D eigenvalue weighted by Gasteiger charge is 2.12. The Hall–Kier alpha value is -0.790. The predicted molar refractivity (Wildman–Crippen MR) is 56.9 cm³/mol. The summed E-state index contributed by atoms with van der Waals surface area (Å²) in [7, 11) is 0. The lowest BCUT2D eigenvalue weighted by atomic mass is 9.95. The van der Waals surface area contributed by atoms with Crippen LogP contribution in [0.1, 0.15) is 50.8 Å². The monoisotopic (exact) mass is 191 g/mol. The Bertz CT molecular complexity index is 233. The smallest absolute Gasteiger partial charge is 0.108 e. The SMILES string of the molecule is [c]1c[nH]c(CCC2CCCCCC2)n1. The first-order chi connectivity index (χ1) is 6.95. The second-order valence-corrected chi connectivity index (χ2v) is 4.37. The zero-order valence-electron chi connectivity index (χ0n) is 8.76. The van der Waals surface area contributed by atoms with Crippen molar-refractivity contribution in [2.24, 2.45) is 5.92 Å². The number of hydrogen-bond donors (Lipinski definition) is 1. The predicted octanol–water partition coefficient (Wildman–Crippen LogP) is 3.11. The highest BCUT2D eigenvalue weighted by atomic mass is 14.9. The number of aryl methyl sites for hydroxylation is 1.